The lowest BCUT2D eigenvalue weighted by molar-refractivity contribution is -0.161. The molecule has 624 valence electrons. The van der Waals surface area contributed by atoms with Gasteiger partial charge in [0.15, 0.2) is 12.2 Å². The van der Waals surface area contributed by atoms with Gasteiger partial charge in [-0.3, -0.25) is 37.3 Å². The molecule has 0 spiro atoms. The number of hydrogen-bond acceptors (Lipinski definition) is 15. The lowest BCUT2D eigenvalue weighted by atomic mass is 10.0. The third-order valence-corrected chi connectivity index (χ3v) is 22.2. The number of ether oxygens (including phenoxy) is 4. The van der Waals surface area contributed by atoms with Gasteiger partial charge in [-0.25, -0.2) is 9.13 Å². The molecule has 19 heteroatoms. The number of phosphoric acid groups is 2. The molecule has 0 aromatic carbocycles. The Morgan fingerprint density at radius 1 is 0.257 bits per heavy atom. The van der Waals surface area contributed by atoms with Gasteiger partial charge in [-0.1, -0.05) is 413 Å². The van der Waals surface area contributed by atoms with Crippen molar-refractivity contribution in [1.29, 1.82) is 0 Å². The van der Waals surface area contributed by atoms with Gasteiger partial charge in [-0.15, -0.1) is 0 Å². The predicted octanol–water partition coefficient (Wildman–Crippen LogP) is 26.4. The number of carbonyl (C=O) groups is 4. The zero-order valence-electron chi connectivity index (χ0n) is 68.9. The Morgan fingerprint density at radius 3 is 0.648 bits per heavy atom. The molecule has 0 saturated heterocycles. The molecule has 3 N–H and O–H groups in total. The number of hydrogen-bond donors (Lipinski definition) is 3. The number of aliphatic hydroxyl groups excluding tert-OH is 1. The Hall–Kier alpha value is -1.94. The zero-order valence-corrected chi connectivity index (χ0v) is 70.7. The van der Waals surface area contributed by atoms with Crippen LogP contribution in [0.5, 0.6) is 0 Å². The van der Waals surface area contributed by atoms with Crippen LogP contribution in [-0.2, 0) is 65.4 Å². The molecule has 5 atom stereocenters. The van der Waals surface area contributed by atoms with E-state index in [4.69, 9.17) is 37.0 Å². The van der Waals surface area contributed by atoms with E-state index in [1.165, 1.54) is 289 Å². The fourth-order valence-electron chi connectivity index (χ4n) is 13.5. The van der Waals surface area contributed by atoms with E-state index in [2.05, 4.69) is 34.6 Å². The molecular weight excluding hydrogens is 1370 g/mol. The van der Waals surface area contributed by atoms with Crippen molar-refractivity contribution in [2.45, 2.75) is 483 Å². The second-order valence-electron chi connectivity index (χ2n) is 31.4. The second-order valence-corrected chi connectivity index (χ2v) is 34.3. The normalized spacial score (nSPS) is 13.8. The first-order valence-corrected chi connectivity index (χ1v) is 47.6. The van der Waals surface area contributed by atoms with Crippen LogP contribution in [0.25, 0.3) is 0 Å². The summed E-state index contributed by atoms with van der Waals surface area (Å²) in [6.07, 6.45) is 72.3. The minimum Gasteiger partial charge on any atom is -0.462 e. The van der Waals surface area contributed by atoms with Gasteiger partial charge in [0, 0.05) is 25.7 Å². The molecule has 0 aromatic heterocycles. The van der Waals surface area contributed by atoms with Gasteiger partial charge in [0.2, 0.25) is 0 Å². The fourth-order valence-corrected chi connectivity index (χ4v) is 15.1. The van der Waals surface area contributed by atoms with Crippen molar-refractivity contribution in [3.63, 3.8) is 0 Å². The van der Waals surface area contributed by atoms with Crippen molar-refractivity contribution in [3.05, 3.63) is 0 Å². The molecule has 0 heterocycles. The summed E-state index contributed by atoms with van der Waals surface area (Å²) in [6.45, 7) is 7.38. The summed E-state index contributed by atoms with van der Waals surface area (Å²) in [6, 6.07) is 0. The molecule has 0 rings (SSSR count). The zero-order chi connectivity index (χ0) is 76.9. The summed E-state index contributed by atoms with van der Waals surface area (Å²) < 4.78 is 68.9. The molecule has 0 amide bonds. The van der Waals surface area contributed by atoms with E-state index in [9.17, 15) is 43.2 Å². The highest BCUT2D eigenvalue weighted by Gasteiger charge is 2.30. The first-order chi connectivity index (χ1) is 51.0. The molecule has 0 aliphatic rings. The summed E-state index contributed by atoms with van der Waals surface area (Å²) >= 11 is 0. The van der Waals surface area contributed by atoms with Crippen molar-refractivity contribution >= 4 is 39.5 Å². The molecule has 0 fully saturated rings. The molecule has 0 saturated carbocycles. The van der Waals surface area contributed by atoms with Gasteiger partial charge in [0.25, 0.3) is 0 Å². The van der Waals surface area contributed by atoms with E-state index in [0.717, 1.165) is 95.8 Å². The maximum Gasteiger partial charge on any atom is 0.472 e. The number of rotatable bonds is 86. The van der Waals surface area contributed by atoms with Gasteiger partial charge in [-0.2, -0.15) is 0 Å². The Bertz CT molecular complexity index is 2000. The highest BCUT2D eigenvalue weighted by molar-refractivity contribution is 7.47. The average Bonchev–Trinajstić information content (AvgIpc) is 0.904. The fraction of sp³-hybridized carbons (Fsp3) is 0.953. The number of phosphoric ester groups is 2. The average molecular weight is 1540 g/mol. The smallest absolute Gasteiger partial charge is 0.462 e. The second kappa shape index (κ2) is 78.7. The van der Waals surface area contributed by atoms with Crippen LogP contribution in [0.4, 0.5) is 0 Å². The van der Waals surface area contributed by atoms with E-state index in [0.29, 0.717) is 25.7 Å². The standard InChI is InChI=1S/C86H168O17P2/c1-6-9-12-15-18-21-23-25-27-29-31-33-37-41-45-50-55-60-65-70-84(89)97-76-82(103-86(91)71-66-61-56-51-46-42-38-34-32-30-28-26-24-22-19-16-13-10-7-2)78-101-105(94,95)99-74-80(87)73-98-104(92,93)100-77-81(75-96-83(88)69-64-59-54-48-20-17-14-11-8-3)102-85(90)72-67-62-57-52-47-43-39-35-36-40-44-49-53-58-63-68-79(4)5/h79-82,87H,6-78H2,1-5H3,(H,92,93)(H,94,95)/t80-,81+,82+/m0/s1. The van der Waals surface area contributed by atoms with Gasteiger partial charge in [0.1, 0.15) is 19.3 Å². The minimum absolute atomic E-state index is 0.108. The summed E-state index contributed by atoms with van der Waals surface area (Å²) in [7, 11) is -9.92. The van der Waals surface area contributed by atoms with E-state index in [-0.39, 0.29) is 25.7 Å². The Kier molecular flexibility index (Phi) is 77.3. The van der Waals surface area contributed by atoms with Gasteiger partial charge >= 0.3 is 39.5 Å². The third-order valence-electron chi connectivity index (χ3n) is 20.3. The molecule has 0 aromatic rings. The van der Waals surface area contributed by atoms with Crippen LogP contribution in [0.1, 0.15) is 465 Å². The van der Waals surface area contributed by atoms with Crippen molar-refractivity contribution in [2.24, 2.45) is 5.92 Å². The summed E-state index contributed by atoms with van der Waals surface area (Å²) in [4.78, 5) is 73.2. The Balaban J connectivity index is 5.20. The van der Waals surface area contributed by atoms with Crippen LogP contribution in [0.2, 0.25) is 0 Å². The van der Waals surface area contributed by atoms with Crippen LogP contribution >= 0.6 is 15.6 Å². The van der Waals surface area contributed by atoms with Crippen molar-refractivity contribution in [1.82, 2.24) is 0 Å². The Labute approximate surface area is 645 Å². The molecule has 0 aliphatic heterocycles. The van der Waals surface area contributed by atoms with Gasteiger partial charge in [0.05, 0.1) is 26.4 Å². The van der Waals surface area contributed by atoms with Crippen molar-refractivity contribution < 1.29 is 80.2 Å². The maximum absolute atomic E-state index is 13.1. The van der Waals surface area contributed by atoms with Crippen LogP contribution in [-0.4, -0.2) is 96.7 Å². The highest BCUT2D eigenvalue weighted by atomic mass is 31.2. The van der Waals surface area contributed by atoms with Crippen LogP contribution in [0.15, 0.2) is 0 Å². The maximum atomic E-state index is 13.1. The molecular formula is C86H168O17P2. The van der Waals surface area contributed by atoms with E-state index in [1.807, 2.05) is 0 Å². The summed E-state index contributed by atoms with van der Waals surface area (Å²) in [5.41, 5.74) is 0. The molecule has 17 nitrogen and oxygen atoms in total. The first kappa shape index (κ1) is 103. The SMILES string of the molecule is CCCCCCCCCCCCCCCCCCCCCC(=O)OC[C@H](COP(=O)(O)OC[C@@H](O)COP(=O)(O)OC[C@@H](COC(=O)CCCCCCCCCCC)OC(=O)CCCCCCCCCCCCCCCCCC(C)C)OC(=O)CCCCCCCCCCCCCCCCCCCCC. The molecule has 105 heavy (non-hydrogen) atoms. The Morgan fingerprint density at radius 2 is 0.438 bits per heavy atom. The predicted molar refractivity (Wildman–Crippen MR) is 432 cm³/mol. The number of aliphatic hydroxyl groups is 1. The number of unbranched alkanes of at least 4 members (excludes halogenated alkanes) is 58. The largest absolute Gasteiger partial charge is 0.472 e. The topological polar surface area (TPSA) is 237 Å². The van der Waals surface area contributed by atoms with E-state index < -0.39 is 97.5 Å². The molecule has 0 radical (unpaired) electrons. The van der Waals surface area contributed by atoms with Gasteiger partial charge < -0.3 is 33.8 Å². The monoisotopic (exact) mass is 1540 g/mol. The lowest BCUT2D eigenvalue weighted by Crippen LogP contribution is -2.30. The van der Waals surface area contributed by atoms with Crippen LogP contribution in [0.3, 0.4) is 0 Å². The van der Waals surface area contributed by atoms with E-state index in [1.54, 1.807) is 0 Å². The first-order valence-electron chi connectivity index (χ1n) is 44.6. The third kappa shape index (κ3) is 79.9. The number of esters is 4. The van der Waals surface area contributed by atoms with Crippen molar-refractivity contribution in [2.75, 3.05) is 39.6 Å². The van der Waals surface area contributed by atoms with Crippen LogP contribution < -0.4 is 0 Å². The quantitative estimate of drug-likeness (QED) is 0.0222. The molecule has 2 unspecified atom stereocenters. The lowest BCUT2D eigenvalue weighted by Gasteiger charge is -2.21. The minimum atomic E-state index is -4.96. The van der Waals surface area contributed by atoms with Gasteiger partial charge in [-0.05, 0) is 31.6 Å². The summed E-state index contributed by atoms with van der Waals surface area (Å²) in [5.74, 6) is -1.30. The van der Waals surface area contributed by atoms with Crippen molar-refractivity contribution in [3.8, 4) is 0 Å². The molecule has 0 bridgehead atoms. The molecule has 0 aliphatic carbocycles. The summed E-state index contributed by atoms with van der Waals surface area (Å²) in [5, 5.41) is 10.7. The highest BCUT2D eigenvalue weighted by Crippen LogP contribution is 2.45. The van der Waals surface area contributed by atoms with E-state index >= 15 is 0 Å². The number of carbonyl (C=O) groups excluding carboxylic acids is 4. The van der Waals surface area contributed by atoms with Crippen LogP contribution in [0, 0.1) is 5.92 Å².